The summed E-state index contributed by atoms with van der Waals surface area (Å²) in [7, 11) is 0. The van der Waals surface area contributed by atoms with E-state index in [1.54, 1.807) is 18.2 Å². The van der Waals surface area contributed by atoms with Crippen molar-refractivity contribution < 1.29 is 14.7 Å². The van der Waals surface area contributed by atoms with E-state index in [9.17, 15) is 9.59 Å². The molecule has 2 rings (SSSR count). The van der Waals surface area contributed by atoms with Crippen LogP contribution in [0.5, 0.6) is 0 Å². The van der Waals surface area contributed by atoms with Gasteiger partial charge < -0.3 is 16.2 Å². The molecular formula is C17H18N2O3S. The van der Waals surface area contributed by atoms with Crippen molar-refractivity contribution in [3.05, 3.63) is 54.1 Å². The zero-order valence-corrected chi connectivity index (χ0v) is 13.5. The molecule has 0 saturated carbocycles. The second-order valence-corrected chi connectivity index (χ2v) is 6.24. The number of amides is 1. The van der Waals surface area contributed by atoms with E-state index in [-0.39, 0.29) is 16.7 Å². The van der Waals surface area contributed by atoms with Crippen LogP contribution in [0.3, 0.4) is 0 Å². The first-order valence-corrected chi connectivity index (χ1v) is 8.04. The molecule has 5 nitrogen and oxygen atoms in total. The number of carboxylic acids is 1. The molecule has 1 unspecified atom stereocenters. The number of nitrogens with two attached hydrogens (primary N) is 1. The number of carboxylic acid groups (broad SMARTS) is 1. The highest BCUT2D eigenvalue weighted by molar-refractivity contribution is 8.00. The average Bonchev–Trinajstić information content (AvgIpc) is 2.53. The number of thioether (sulfide) groups is 1. The van der Waals surface area contributed by atoms with Crippen LogP contribution in [-0.4, -0.2) is 22.2 Å². The minimum Gasteiger partial charge on any atom is -0.478 e. The van der Waals surface area contributed by atoms with Crippen molar-refractivity contribution in [3.8, 4) is 0 Å². The number of carbonyl (C=O) groups is 2. The normalized spacial score (nSPS) is 11.7. The van der Waals surface area contributed by atoms with Crippen molar-refractivity contribution in [3.63, 3.8) is 0 Å². The summed E-state index contributed by atoms with van der Waals surface area (Å²) in [5.74, 6) is -1.12. The highest BCUT2D eigenvalue weighted by Crippen LogP contribution is 2.27. The Labute approximate surface area is 138 Å². The minimum atomic E-state index is -0.994. The molecule has 0 saturated heterocycles. The van der Waals surface area contributed by atoms with Crippen LogP contribution >= 0.6 is 11.8 Å². The van der Waals surface area contributed by atoms with Gasteiger partial charge in [-0.3, -0.25) is 4.79 Å². The molecule has 0 aliphatic rings. The van der Waals surface area contributed by atoms with Gasteiger partial charge >= 0.3 is 5.97 Å². The molecule has 120 valence electrons. The van der Waals surface area contributed by atoms with Crippen LogP contribution in [-0.2, 0) is 4.79 Å². The van der Waals surface area contributed by atoms with Gasteiger partial charge in [0.15, 0.2) is 0 Å². The molecule has 0 bridgehead atoms. The van der Waals surface area contributed by atoms with E-state index in [0.717, 1.165) is 4.90 Å². The Balaban J connectivity index is 2.03. The van der Waals surface area contributed by atoms with E-state index < -0.39 is 5.97 Å². The molecule has 0 spiro atoms. The molecule has 2 aromatic carbocycles. The highest BCUT2D eigenvalue weighted by atomic mass is 32.2. The third-order valence-corrected chi connectivity index (χ3v) is 4.56. The van der Waals surface area contributed by atoms with Crippen molar-refractivity contribution in [2.75, 3.05) is 11.1 Å². The predicted molar refractivity (Wildman–Crippen MR) is 92.8 cm³/mol. The van der Waals surface area contributed by atoms with Crippen LogP contribution in [0.15, 0.2) is 53.4 Å². The van der Waals surface area contributed by atoms with Crippen LogP contribution < -0.4 is 11.1 Å². The number of carbonyl (C=O) groups excluding carboxylic acids is 1. The lowest BCUT2D eigenvalue weighted by Gasteiger charge is -2.15. The number of aromatic carboxylic acids is 1. The Bertz CT molecular complexity index is 701. The van der Waals surface area contributed by atoms with Crippen molar-refractivity contribution in [1.29, 1.82) is 0 Å². The average molecular weight is 330 g/mol. The summed E-state index contributed by atoms with van der Waals surface area (Å²) in [4.78, 5) is 24.1. The number of benzene rings is 2. The van der Waals surface area contributed by atoms with Crippen LogP contribution in [0.4, 0.5) is 11.4 Å². The summed E-state index contributed by atoms with van der Waals surface area (Å²) in [5.41, 5.74) is 7.17. The van der Waals surface area contributed by atoms with Gasteiger partial charge in [-0.2, -0.15) is 0 Å². The third kappa shape index (κ3) is 4.75. The predicted octanol–water partition coefficient (Wildman–Crippen LogP) is 3.48. The molecule has 0 radical (unpaired) electrons. The summed E-state index contributed by atoms with van der Waals surface area (Å²) >= 11 is 1.45. The van der Waals surface area contributed by atoms with E-state index in [2.05, 4.69) is 5.32 Å². The summed E-state index contributed by atoms with van der Waals surface area (Å²) in [6.07, 6.45) is 0.665. The maximum absolute atomic E-state index is 12.4. The smallest absolute Gasteiger partial charge is 0.335 e. The number of hydrogen-bond acceptors (Lipinski definition) is 4. The van der Waals surface area contributed by atoms with Gasteiger partial charge in [-0.25, -0.2) is 4.79 Å². The minimum absolute atomic E-state index is 0.122. The molecule has 4 N–H and O–H groups in total. The van der Waals surface area contributed by atoms with Crippen LogP contribution in [0.2, 0.25) is 0 Å². The molecule has 0 aliphatic heterocycles. The Morgan fingerprint density at radius 1 is 1.22 bits per heavy atom. The van der Waals surface area contributed by atoms with E-state index in [1.165, 1.54) is 23.9 Å². The maximum atomic E-state index is 12.4. The van der Waals surface area contributed by atoms with Crippen molar-refractivity contribution in [1.82, 2.24) is 0 Å². The van der Waals surface area contributed by atoms with Crippen LogP contribution in [0.1, 0.15) is 23.7 Å². The van der Waals surface area contributed by atoms with Gasteiger partial charge in [0, 0.05) is 16.3 Å². The maximum Gasteiger partial charge on any atom is 0.335 e. The van der Waals surface area contributed by atoms with Crippen molar-refractivity contribution in [2.45, 2.75) is 23.5 Å². The number of nitrogens with one attached hydrogen (secondary N) is 1. The van der Waals surface area contributed by atoms with Gasteiger partial charge in [-0.15, -0.1) is 11.8 Å². The van der Waals surface area contributed by atoms with E-state index in [0.29, 0.717) is 17.8 Å². The number of nitrogen functional groups attached to an aromatic ring is 1. The molecule has 23 heavy (non-hydrogen) atoms. The fourth-order valence-electron chi connectivity index (χ4n) is 1.99. The largest absolute Gasteiger partial charge is 0.478 e. The van der Waals surface area contributed by atoms with Crippen molar-refractivity contribution >= 4 is 35.0 Å². The monoisotopic (exact) mass is 330 g/mol. The molecule has 0 aliphatic carbocycles. The van der Waals surface area contributed by atoms with E-state index in [4.69, 9.17) is 10.8 Å². The molecule has 0 aromatic heterocycles. The SMILES string of the molecule is CCC(Sc1cccc(N)c1)C(=O)Nc1ccc(C(=O)O)cc1. The summed E-state index contributed by atoms with van der Waals surface area (Å²) in [6.45, 7) is 1.94. The van der Waals surface area contributed by atoms with Crippen LogP contribution in [0, 0.1) is 0 Å². The highest BCUT2D eigenvalue weighted by Gasteiger charge is 2.18. The molecule has 1 amide bonds. The van der Waals surface area contributed by atoms with Crippen molar-refractivity contribution in [2.24, 2.45) is 0 Å². The van der Waals surface area contributed by atoms with E-state index >= 15 is 0 Å². The van der Waals surface area contributed by atoms with Gasteiger partial charge in [0.25, 0.3) is 0 Å². The Kier molecular flexibility index (Phi) is 5.65. The lowest BCUT2D eigenvalue weighted by atomic mass is 10.2. The second-order valence-electron chi connectivity index (χ2n) is 4.96. The molecule has 0 heterocycles. The first kappa shape index (κ1) is 16.9. The number of anilines is 2. The summed E-state index contributed by atoms with van der Waals surface area (Å²) in [6, 6.07) is 13.5. The topological polar surface area (TPSA) is 92.4 Å². The molecular weight excluding hydrogens is 312 g/mol. The van der Waals surface area contributed by atoms with Gasteiger partial charge in [0.1, 0.15) is 0 Å². The quantitative estimate of drug-likeness (QED) is 0.557. The first-order chi connectivity index (χ1) is 11.0. The van der Waals surface area contributed by atoms with Gasteiger partial charge in [-0.05, 0) is 48.9 Å². The third-order valence-electron chi connectivity index (χ3n) is 3.20. The molecule has 0 fully saturated rings. The fraction of sp³-hybridized carbons (Fsp3) is 0.176. The standard InChI is InChI=1S/C17H18N2O3S/c1-2-15(23-14-5-3-4-12(18)10-14)16(20)19-13-8-6-11(7-9-13)17(21)22/h3-10,15H,2,18H2,1H3,(H,19,20)(H,21,22). The summed E-state index contributed by atoms with van der Waals surface area (Å²) < 4.78 is 0. The molecule has 6 heteroatoms. The zero-order chi connectivity index (χ0) is 16.8. The van der Waals surface area contributed by atoms with Gasteiger partial charge in [0.2, 0.25) is 5.91 Å². The van der Waals surface area contributed by atoms with Gasteiger partial charge in [-0.1, -0.05) is 13.0 Å². The number of rotatable bonds is 6. The molecule has 1 atom stereocenters. The fourth-order valence-corrected chi connectivity index (χ4v) is 3.02. The first-order valence-electron chi connectivity index (χ1n) is 7.16. The second kappa shape index (κ2) is 7.69. The Morgan fingerprint density at radius 2 is 1.91 bits per heavy atom. The lowest BCUT2D eigenvalue weighted by Crippen LogP contribution is -2.24. The van der Waals surface area contributed by atoms with E-state index in [1.807, 2.05) is 25.1 Å². The Morgan fingerprint density at radius 3 is 2.48 bits per heavy atom. The summed E-state index contributed by atoms with van der Waals surface area (Å²) in [5, 5.41) is 11.4. The van der Waals surface area contributed by atoms with Crippen LogP contribution in [0.25, 0.3) is 0 Å². The number of hydrogen-bond donors (Lipinski definition) is 3. The van der Waals surface area contributed by atoms with Gasteiger partial charge in [0.05, 0.1) is 10.8 Å². The zero-order valence-electron chi connectivity index (χ0n) is 12.7. The Hall–Kier alpha value is -2.47. The molecule has 2 aromatic rings. The lowest BCUT2D eigenvalue weighted by molar-refractivity contribution is -0.115.